The minimum Gasteiger partial charge on any atom is -0.494 e. The molecule has 0 saturated heterocycles. The van der Waals surface area contributed by atoms with Gasteiger partial charge in [0.05, 0.1) is 6.61 Å². The van der Waals surface area contributed by atoms with Gasteiger partial charge in [-0.2, -0.15) is 0 Å². The third kappa shape index (κ3) is 5.61. The highest BCUT2D eigenvalue weighted by molar-refractivity contribution is 6.31. The number of nitrogens with one attached hydrogen (secondary N) is 1. The summed E-state index contributed by atoms with van der Waals surface area (Å²) >= 11 is 6.16. The van der Waals surface area contributed by atoms with E-state index >= 15 is 0 Å². The van der Waals surface area contributed by atoms with E-state index in [-0.39, 0.29) is 0 Å². The molecule has 0 spiro atoms. The highest BCUT2D eigenvalue weighted by Gasteiger charge is 1.99. The molecule has 2 rings (SSSR count). The molecule has 0 saturated carbocycles. The van der Waals surface area contributed by atoms with Gasteiger partial charge in [0.25, 0.3) is 0 Å². The van der Waals surface area contributed by atoms with E-state index in [0.29, 0.717) is 0 Å². The van der Waals surface area contributed by atoms with Crippen LogP contribution in [0.5, 0.6) is 5.75 Å². The lowest BCUT2D eigenvalue weighted by atomic mass is 10.1. The van der Waals surface area contributed by atoms with Crippen molar-refractivity contribution in [1.29, 1.82) is 0 Å². The maximum absolute atomic E-state index is 6.16. The molecular weight excluding hydrogens is 294 g/mol. The lowest BCUT2D eigenvalue weighted by Gasteiger charge is -2.09. The van der Waals surface area contributed by atoms with Crippen molar-refractivity contribution >= 4 is 17.3 Å². The molecule has 0 fully saturated rings. The number of anilines is 1. The molecule has 22 heavy (non-hydrogen) atoms. The van der Waals surface area contributed by atoms with Crippen LogP contribution >= 0.6 is 11.6 Å². The average Bonchev–Trinajstić information content (AvgIpc) is 2.55. The molecule has 1 N–H and O–H groups in total. The Bertz CT molecular complexity index is 554. The van der Waals surface area contributed by atoms with E-state index in [1.54, 1.807) is 0 Å². The van der Waals surface area contributed by atoms with Gasteiger partial charge >= 0.3 is 0 Å². The lowest BCUT2D eigenvalue weighted by molar-refractivity contribution is 0.309. The Morgan fingerprint density at radius 1 is 1.00 bits per heavy atom. The van der Waals surface area contributed by atoms with Crippen LogP contribution < -0.4 is 10.1 Å². The maximum atomic E-state index is 6.16. The number of unbranched alkanes of at least 4 members (excludes halogenated alkanes) is 1. The third-order valence-electron chi connectivity index (χ3n) is 3.53. The number of halogens is 1. The van der Waals surface area contributed by atoms with Crippen molar-refractivity contribution in [2.24, 2.45) is 0 Å². The standard InChI is InChI=1S/C19H24ClNO/c1-2-3-15-22-18-12-10-17(11-13-18)21-14-6-8-16-7-4-5-9-19(16)20/h4-5,7,9-13,21H,2-3,6,8,14-15H2,1H3. The zero-order chi connectivity index (χ0) is 15.6. The molecule has 0 radical (unpaired) electrons. The van der Waals surface area contributed by atoms with Gasteiger partial charge in [-0.1, -0.05) is 43.1 Å². The van der Waals surface area contributed by atoms with Crippen LogP contribution in [0.2, 0.25) is 5.02 Å². The third-order valence-corrected chi connectivity index (χ3v) is 3.90. The molecule has 2 nitrogen and oxygen atoms in total. The molecule has 118 valence electrons. The Labute approximate surface area is 138 Å². The number of hydrogen-bond acceptors (Lipinski definition) is 2. The lowest BCUT2D eigenvalue weighted by Crippen LogP contribution is -2.03. The van der Waals surface area contributed by atoms with E-state index in [1.807, 2.05) is 30.3 Å². The smallest absolute Gasteiger partial charge is 0.119 e. The second-order valence-corrected chi connectivity index (χ2v) is 5.76. The summed E-state index contributed by atoms with van der Waals surface area (Å²) < 4.78 is 5.66. The predicted octanol–water partition coefficient (Wildman–Crippen LogP) is 5.56. The van der Waals surface area contributed by atoms with Crippen molar-refractivity contribution in [3.05, 3.63) is 59.1 Å². The van der Waals surface area contributed by atoms with Crippen LogP contribution in [0.3, 0.4) is 0 Å². The summed E-state index contributed by atoms with van der Waals surface area (Å²) in [5, 5.41) is 4.29. The van der Waals surface area contributed by atoms with Gasteiger partial charge in [-0.15, -0.1) is 0 Å². The van der Waals surface area contributed by atoms with Crippen LogP contribution in [0.1, 0.15) is 31.7 Å². The topological polar surface area (TPSA) is 21.3 Å². The molecule has 0 unspecified atom stereocenters. The van der Waals surface area contributed by atoms with Gasteiger partial charge in [0.1, 0.15) is 5.75 Å². The van der Waals surface area contributed by atoms with Gasteiger partial charge in [0, 0.05) is 17.3 Å². The van der Waals surface area contributed by atoms with E-state index in [9.17, 15) is 0 Å². The van der Waals surface area contributed by atoms with Gasteiger partial charge in [-0.25, -0.2) is 0 Å². The molecule has 2 aromatic carbocycles. The molecule has 0 aliphatic heterocycles. The second-order valence-electron chi connectivity index (χ2n) is 5.35. The fourth-order valence-electron chi connectivity index (χ4n) is 2.22. The second kappa shape index (κ2) is 9.37. The van der Waals surface area contributed by atoms with E-state index in [4.69, 9.17) is 16.3 Å². The zero-order valence-electron chi connectivity index (χ0n) is 13.1. The summed E-state index contributed by atoms with van der Waals surface area (Å²) in [6.45, 7) is 3.89. The fourth-order valence-corrected chi connectivity index (χ4v) is 2.45. The van der Waals surface area contributed by atoms with Crippen molar-refractivity contribution in [2.45, 2.75) is 32.6 Å². The van der Waals surface area contributed by atoms with E-state index in [2.05, 4.69) is 30.4 Å². The predicted molar refractivity (Wildman–Crippen MR) is 95.1 cm³/mol. The van der Waals surface area contributed by atoms with Crippen LogP contribution in [0.4, 0.5) is 5.69 Å². The summed E-state index contributed by atoms with van der Waals surface area (Å²) in [6.07, 6.45) is 4.30. The molecular formula is C19H24ClNO. The first-order valence-corrected chi connectivity index (χ1v) is 8.37. The molecule has 0 heterocycles. The summed E-state index contributed by atoms with van der Waals surface area (Å²) in [4.78, 5) is 0. The normalized spacial score (nSPS) is 10.5. The first-order valence-electron chi connectivity index (χ1n) is 7.99. The minimum absolute atomic E-state index is 0.793. The maximum Gasteiger partial charge on any atom is 0.119 e. The number of benzene rings is 2. The molecule has 3 heteroatoms. The highest BCUT2D eigenvalue weighted by atomic mass is 35.5. The van der Waals surface area contributed by atoms with Gasteiger partial charge in [-0.3, -0.25) is 0 Å². The van der Waals surface area contributed by atoms with E-state index in [0.717, 1.165) is 55.3 Å². The summed E-state index contributed by atoms with van der Waals surface area (Å²) in [6, 6.07) is 16.2. The highest BCUT2D eigenvalue weighted by Crippen LogP contribution is 2.18. The first kappa shape index (κ1) is 16.7. The zero-order valence-corrected chi connectivity index (χ0v) is 13.9. The molecule has 0 atom stereocenters. The van der Waals surface area contributed by atoms with Gasteiger partial charge in [-0.05, 0) is 55.2 Å². The Kier molecular flexibility index (Phi) is 7.11. The Morgan fingerprint density at radius 2 is 1.77 bits per heavy atom. The van der Waals surface area contributed by atoms with E-state index < -0.39 is 0 Å². The summed E-state index contributed by atoms with van der Waals surface area (Å²) in [7, 11) is 0. The molecule has 0 aliphatic carbocycles. The molecule has 0 bridgehead atoms. The van der Waals surface area contributed by atoms with Crippen LogP contribution in [-0.2, 0) is 6.42 Å². The van der Waals surface area contributed by atoms with Crippen molar-refractivity contribution < 1.29 is 4.74 Å². The van der Waals surface area contributed by atoms with E-state index in [1.165, 1.54) is 5.56 Å². The number of ether oxygens (including phenoxy) is 1. The summed E-state index contributed by atoms with van der Waals surface area (Å²) in [5.74, 6) is 0.940. The summed E-state index contributed by atoms with van der Waals surface area (Å²) in [5.41, 5.74) is 2.34. The monoisotopic (exact) mass is 317 g/mol. The van der Waals surface area contributed by atoms with Gasteiger partial charge in [0.15, 0.2) is 0 Å². The Hall–Kier alpha value is -1.67. The Balaban J connectivity index is 1.70. The number of hydrogen-bond donors (Lipinski definition) is 1. The van der Waals surface area contributed by atoms with Crippen LogP contribution in [-0.4, -0.2) is 13.2 Å². The first-order chi connectivity index (χ1) is 10.8. The van der Waals surface area contributed by atoms with Gasteiger partial charge < -0.3 is 10.1 Å². The molecule has 0 amide bonds. The quantitative estimate of drug-likeness (QED) is 0.611. The number of rotatable bonds is 9. The van der Waals surface area contributed by atoms with Crippen molar-refractivity contribution in [3.63, 3.8) is 0 Å². The molecule has 2 aromatic rings. The number of aryl methyl sites for hydroxylation is 1. The molecule has 0 aliphatic rings. The van der Waals surface area contributed by atoms with Crippen LogP contribution in [0.25, 0.3) is 0 Å². The van der Waals surface area contributed by atoms with Gasteiger partial charge in [0.2, 0.25) is 0 Å². The van der Waals surface area contributed by atoms with Crippen LogP contribution in [0, 0.1) is 0 Å². The fraction of sp³-hybridized carbons (Fsp3) is 0.368. The van der Waals surface area contributed by atoms with Crippen LogP contribution in [0.15, 0.2) is 48.5 Å². The van der Waals surface area contributed by atoms with Crippen molar-refractivity contribution in [3.8, 4) is 5.75 Å². The van der Waals surface area contributed by atoms with Crippen molar-refractivity contribution in [2.75, 3.05) is 18.5 Å². The largest absolute Gasteiger partial charge is 0.494 e. The Morgan fingerprint density at radius 3 is 2.50 bits per heavy atom. The van der Waals surface area contributed by atoms with Crippen molar-refractivity contribution in [1.82, 2.24) is 0 Å². The minimum atomic E-state index is 0.793. The average molecular weight is 318 g/mol. The molecule has 0 aromatic heterocycles. The SMILES string of the molecule is CCCCOc1ccc(NCCCc2ccccc2Cl)cc1.